The van der Waals surface area contributed by atoms with E-state index in [9.17, 15) is 9.59 Å². The van der Waals surface area contributed by atoms with Gasteiger partial charge in [0.1, 0.15) is 5.57 Å². The Hall–Kier alpha value is -2.62. The van der Waals surface area contributed by atoms with Gasteiger partial charge in [0, 0.05) is 29.4 Å². The Morgan fingerprint density at radius 2 is 1.56 bits per heavy atom. The number of benzene rings is 1. The van der Waals surface area contributed by atoms with E-state index >= 15 is 0 Å². The minimum absolute atomic E-state index is 0.0346. The zero-order chi connectivity index (χ0) is 22.2. The molecule has 0 radical (unpaired) electrons. The highest BCUT2D eigenvalue weighted by atomic mass is 35.5. The SMILES string of the molecule is O=C1NC(=S)N(c2ccc(Cl)cc2)C(=O)/C1=C/c1ccc(-c2ccc(-c3cccs3)s2)s1. The van der Waals surface area contributed by atoms with Crippen molar-refractivity contribution < 1.29 is 9.59 Å². The molecule has 5 rings (SSSR count). The first-order valence-electron chi connectivity index (χ1n) is 9.40. The minimum atomic E-state index is -0.503. The molecule has 0 aliphatic carbocycles. The number of nitrogens with one attached hydrogen (secondary N) is 1. The highest BCUT2D eigenvalue weighted by Gasteiger charge is 2.34. The number of anilines is 1. The van der Waals surface area contributed by atoms with Crippen molar-refractivity contribution >= 4 is 86.5 Å². The van der Waals surface area contributed by atoms with Crippen molar-refractivity contribution in [1.82, 2.24) is 5.32 Å². The second-order valence-corrected chi connectivity index (χ2v) is 10.7. The van der Waals surface area contributed by atoms with E-state index < -0.39 is 11.8 Å². The van der Waals surface area contributed by atoms with Crippen LogP contribution in [0.5, 0.6) is 0 Å². The first-order chi connectivity index (χ1) is 15.5. The number of carbonyl (C=O) groups excluding carboxylic acids is 2. The molecule has 4 heterocycles. The largest absolute Gasteiger partial charge is 0.298 e. The molecule has 1 fully saturated rings. The molecule has 2 amide bonds. The number of rotatable bonds is 4. The summed E-state index contributed by atoms with van der Waals surface area (Å²) >= 11 is 16.2. The van der Waals surface area contributed by atoms with Gasteiger partial charge in [-0.05, 0) is 78.3 Å². The van der Waals surface area contributed by atoms with Gasteiger partial charge in [0.25, 0.3) is 11.8 Å². The molecule has 1 aromatic carbocycles. The minimum Gasteiger partial charge on any atom is -0.298 e. The van der Waals surface area contributed by atoms with Crippen LogP contribution in [0.15, 0.2) is 71.6 Å². The molecule has 4 nitrogen and oxygen atoms in total. The fourth-order valence-electron chi connectivity index (χ4n) is 3.21. The Morgan fingerprint density at radius 3 is 2.28 bits per heavy atom. The van der Waals surface area contributed by atoms with Gasteiger partial charge in [0.15, 0.2) is 5.11 Å². The van der Waals surface area contributed by atoms with Gasteiger partial charge in [0.05, 0.1) is 5.69 Å². The summed E-state index contributed by atoms with van der Waals surface area (Å²) in [6.45, 7) is 0. The maximum atomic E-state index is 13.1. The van der Waals surface area contributed by atoms with Crippen molar-refractivity contribution in [2.75, 3.05) is 4.90 Å². The summed E-state index contributed by atoms with van der Waals surface area (Å²) in [6, 6.07) is 19.0. The van der Waals surface area contributed by atoms with Gasteiger partial charge in [-0.2, -0.15) is 0 Å². The fraction of sp³-hybridized carbons (Fsp3) is 0. The molecule has 0 bridgehead atoms. The van der Waals surface area contributed by atoms with Crippen LogP contribution in [0.4, 0.5) is 5.69 Å². The van der Waals surface area contributed by atoms with Crippen molar-refractivity contribution in [3.05, 3.63) is 81.5 Å². The van der Waals surface area contributed by atoms with Crippen LogP contribution in [0.1, 0.15) is 4.88 Å². The van der Waals surface area contributed by atoms with Crippen LogP contribution in [0, 0.1) is 0 Å². The monoisotopic (exact) mass is 512 g/mol. The zero-order valence-electron chi connectivity index (χ0n) is 16.2. The third kappa shape index (κ3) is 4.07. The third-order valence-corrected chi connectivity index (χ3v) is 8.63. The van der Waals surface area contributed by atoms with E-state index in [-0.39, 0.29) is 10.7 Å². The second-order valence-electron chi connectivity index (χ2n) is 6.78. The predicted molar refractivity (Wildman–Crippen MR) is 139 cm³/mol. The van der Waals surface area contributed by atoms with Crippen molar-refractivity contribution in [3.63, 3.8) is 0 Å². The highest BCUT2D eigenvalue weighted by molar-refractivity contribution is 7.80. The van der Waals surface area contributed by atoms with E-state index in [1.54, 1.807) is 53.0 Å². The van der Waals surface area contributed by atoms with Crippen LogP contribution in [-0.4, -0.2) is 16.9 Å². The van der Waals surface area contributed by atoms with Crippen molar-refractivity contribution in [2.24, 2.45) is 0 Å². The van der Waals surface area contributed by atoms with E-state index in [2.05, 4.69) is 28.9 Å². The van der Waals surface area contributed by atoms with Gasteiger partial charge in [-0.25, -0.2) is 0 Å². The number of nitrogens with zero attached hydrogens (tertiary/aromatic N) is 1. The molecule has 32 heavy (non-hydrogen) atoms. The zero-order valence-corrected chi connectivity index (χ0v) is 20.2. The van der Waals surface area contributed by atoms with Gasteiger partial charge >= 0.3 is 0 Å². The quantitative estimate of drug-likeness (QED) is 0.188. The summed E-state index contributed by atoms with van der Waals surface area (Å²) in [5.74, 6) is -0.969. The first kappa shape index (κ1) is 21.2. The first-order valence-corrected chi connectivity index (χ1v) is 12.7. The molecule has 9 heteroatoms. The molecular weight excluding hydrogens is 500 g/mol. The topological polar surface area (TPSA) is 49.4 Å². The molecule has 1 aliphatic rings. The van der Waals surface area contributed by atoms with E-state index in [0.717, 1.165) is 14.6 Å². The fourth-order valence-corrected chi connectivity index (χ4v) is 6.50. The van der Waals surface area contributed by atoms with Gasteiger partial charge < -0.3 is 0 Å². The standard InChI is InChI=1S/C23H13ClN2O2S4/c24-13-3-5-14(6-4-13)26-22(28)16(21(27)25-23(26)29)12-15-7-8-19(31-15)20-10-9-18(32-20)17-2-1-11-30-17/h1-12H,(H,25,27,29)/b16-12+. The molecule has 0 saturated carbocycles. The molecule has 1 saturated heterocycles. The molecule has 4 aromatic rings. The lowest BCUT2D eigenvalue weighted by atomic mass is 10.1. The van der Waals surface area contributed by atoms with Gasteiger partial charge in [-0.1, -0.05) is 17.7 Å². The number of thiophene rings is 3. The molecule has 3 aromatic heterocycles. The summed E-state index contributed by atoms with van der Waals surface area (Å²) in [7, 11) is 0. The Balaban J connectivity index is 1.43. The van der Waals surface area contributed by atoms with Crippen LogP contribution in [0.25, 0.3) is 25.6 Å². The maximum absolute atomic E-state index is 13.1. The van der Waals surface area contributed by atoms with Crippen LogP contribution < -0.4 is 10.2 Å². The molecule has 0 unspecified atom stereocenters. The lowest BCUT2D eigenvalue weighted by Gasteiger charge is -2.28. The second kappa shape index (κ2) is 8.73. The smallest absolute Gasteiger partial charge is 0.270 e. The predicted octanol–water partition coefficient (Wildman–Crippen LogP) is 6.69. The number of thiocarbonyl (C=S) groups is 1. The summed E-state index contributed by atoms with van der Waals surface area (Å²) in [5.41, 5.74) is 0.578. The van der Waals surface area contributed by atoms with E-state index in [0.29, 0.717) is 10.7 Å². The van der Waals surface area contributed by atoms with Crippen LogP contribution in [-0.2, 0) is 9.59 Å². The Morgan fingerprint density at radius 1 is 0.875 bits per heavy atom. The summed E-state index contributed by atoms with van der Waals surface area (Å²) < 4.78 is 0. The average molecular weight is 513 g/mol. The Bertz CT molecular complexity index is 1370. The molecule has 0 atom stereocenters. The molecule has 1 N–H and O–H groups in total. The van der Waals surface area contributed by atoms with Crippen molar-refractivity contribution in [1.29, 1.82) is 0 Å². The number of halogens is 1. The normalized spacial score (nSPS) is 15.5. The lowest BCUT2D eigenvalue weighted by molar-refractivity contribution is -0.122. The molecule has 0 spiro atoms. The van der Waals surface area contributed by atoms with Gasteiger partial charge in [-0.15, -0.1) is 34.0 Å². The average Bonchev–Trinajstić information content (AvgIpc) is 3.53. The summed E-state index contributed by atoms with van der Waals surface area (Å²) in [4.78, 5) is 32.5. The van der Waals surface area contributed by atoms with Crippen LogP contribution in [0.3, 0.4) is 0 Å². The molecule has 1 aliphatic heterocycles. The Kier molecular flexibility index (Phi) is 5.79. The lowest BCUT2D eigenvalue weighted by Crippen LogP contribution is -2.54. The maximum Gasteiger partial charge on any atom is 0.270 e. The van der Waals surface area contributed by atoms with Crippen molar-refractivity contribution in [2.45, 2.75) is 0 Å². The number of hydrogen-bond acceptors (Lipinski definition) is 6. The molecule has 158 valence electrons. The van der Waals surface area contributed by atoms with Gasteiger partial charge in [-0.3, -0.25) is 19.8 Å². The van der Waals surface area contributed by atoms with E-state index in [4.69, 9.17) is 23.8 Å². The highest BCUT2D eigenvalue weighted by Crippen LogP contribution is 2.39. The number of carbonyl (C=O) groups is 2. The Labute approximate surface area is 206 Å². The summed E-state index contributed by atoms with van der Waals surface area (Å²) in [6.07, 6.45) is 1.62. The number of hydrogen-bond donors (Lipinski definition) is 1. The third-order valence-electron chi connectivity index (χ3n) is 4.71. The molecular formula is C23H13ClN2O2S4. The van der Waals surface area contributed by atoms with Gasteiger partial charge in [0.2, 0.25) is 0 Å². The summed E-state index contributed by atoms with van der Waals surface area (Å²) in [5, 5.41) is 5.26. The van der Waals surface area contributed by atoms with E-state index in [1.807, 2.05) is 18.2 Å². The van der Waals surface area contributed by atoms with Crippen LogP contribution >= 0.6 is 57.8 Å². The van der Waals surface area contributed by atoms with E-state index in [1.165, 1.54) is 26.0 Å². The van der Waals surface area contributed by atoms with Crippen molar-refractivity contribution in [3.8, 4) is 19.5 Å². The van der Waals surface area contributed by atoms with Crippen LogP contribution in [0.2, 0.25) is 5.02 Å². The number of amides is 2.